The molecule has 1 heterocycles. The highest BCUT2D eigenvalue weighted by Gasteiger charge is 2.14. The minimum atomic E-state index is 0.0161. The van der Waals surface area contributed by atoms with Crippen molar-refractivity contribution in [1.29, 1.82) is 0 Å². The lowest BCUT2D eigenvalue weighted by Crippen LogP contribution is -2.28. The molecule has 0 aliphatic rings. The van der Waals surface area contributed by atoms with Gasteiger partial charge in [0.05, 0.1) is 0 Å². The van der Waals surface area contributed by atoms with Gasteiger partial charge in [-0.15, -0.1) is 0 Å². The van der Waals surface area contributed by atoms with Gasteiger partial charge in [0, 0.05) is 28.9 Å². The molecular weight excluding hydrogens is 297 g/mol. The molecule has 0 saturated carbocycles. The largest absolute Gasteiger partial charge is 0.339 e. The van der Waals surface area contributed by atoms with Gasteiger partial charge in [-0.1, -0.05) is 48.3 Å². The summed E-state index contributed by atoms with van der Waals surface area (Å²) in [6.45, 7) is 4.13. The normalized spacial score (nSPS) is 12.9. The number of benzene rings is 1. The summed E-state index contributed by atoms with van der Waals surface area (Å²) in [5.41, 5.74) is 6.90. The molecule has 1 aromatic heterocycles. The molecule has 1 aromatic carbocycles. The standard InChI is InChI=1S/C14H17Cl2N3O/c1-8(2)12(17)7-14-18-13(19-20-14)5-9-3-4-10(15)6-11(9)16/h3-4,6,8,12H,5,7,17H2,1-2H3. The van der Waals surface area contributed by atoms with Crippen LogP contribution >= 0.6 is 23.2 Å². The minimum Gasteiger partial charge on any atom is -0.339 e. The summed E-state index contributed by atoms with van der Waals surface area (Å²) in [6, 6.07) is 5.37. The fourth-order valence-electron chi connectivity index (χ4n) is 1.72. The van der Waals surface area contributed by atoms with Crippen molar-refractivity contribution in [2.24, 2.45) is 11.7 Å². The first-order valence-electron chi connectivity index (χ1n) is 6.46. The summed E-state index contributed by atoms with van der Waals surface area (Å²) >= 11 is 12.0. The maximum Gasteiger partial charge on any atom is 0.228 e. The van der Waals surface area contributed by atoms with Crippen molar-refractivity contribution in [2.45, 2.75) is 32.7 Å². The number of nitrogens with zero attached hydrogens (tertiary/aromatic N) is 2. The molecule has 108 valence electrons. The summed E-state index contributed by atoms with van der Waals surface area (Å²) in [5, 5.41) is 5.16. The second-order valence-electron chi connectivity index (χ2n) is 5.13. The van der Waals surface area contributed by atoms with Crippen LogP contribution in [0.2, 0.25) is 10.0 Å². The second-order valence-corrected chi connectivity index (χ2v) is 5.97. The molecule has 0 aliphatic heterocycles. The number of nitrogens with two attached hydrogens (primary N) is 1. The summed E-state index contributed by atoms with van der Waals surface area (Å²) in [5.74, 6) is 1.53. The van der Waals surface area contributed by atoms with Crippen LogP contribution in [-0.4, -0.2) is 16.2 Å². The molecule has 0 fully saturated rings. The third kappa shape index (κ3) is 3.95. The van der Waals surface area contributed by atoms with Gasteiger partial charge in [0.1, 0.15) is 0 Å². The van der Waals surface area contributed by atoms with Crippen LogP contribution in [-0.2, 0) is 12.8 Å². The molecule has 1 atom stereocenters. The number of rotatable bonds is 5. The van der Waals surface area contributed by atoms with E-state index >= 15 is 0 Å². The van der Waals surface area contributed by atoms with Crippen LogP contribution in [0.5, 0.6) is 0 Å². The second kappa shape index (κ2) is 6.57. The first kappa shape index (κ1) is 15.3. The Morgan fingerprint density at radius 1 is 1.30 bits per heavy atom. The van der Waals surface area contributed by atoms with Gasteiger partial charge in [-0.25, -0.2) is 0 Å². The van der Waals surface area contributed by atoms with Gasteiger partial charge in [-0.3, -0.25) is 0 Å². The van der Waals surface area contributed by atoms with E-state index in [1.165, 1.54) is 0 Å². The SMILES string of the molecule is CC(C)C(N)Cc1nc(Cc2ccc(Cl)cc2Cl)no1. The zero-order valence-electron chi connectivity index (χ0n) is 11.4. The highest BCUT2D eigenvalue weighted by molar-refractivity contribution is 6.35. The molecule has 0 amide bonds. The van der Waals surface area contributed by atoms with E-state index in [1.54, 1.807) is 12.1 Å². The van der Waals surface area contributed by atoms with Crippen LogP contribution in [0.25, 0.3) is 0 Å². The third-order valence-electron chi connectivity index (χ3n) is 3.14. The van der Waals surface area contributed by atoms with Gasteiger partial charge < -0.3 is 10.3 Å². The van der Waals surface area contributed by atoms with E-state index in [9.17, 15) is 0 Å². The number of aromatic nitrogens is 2. The zero-order chi connectivity index (χ0) is 14.7. The highest BCUT2D eigenvalue weighted by atomic mass is 35.5. The molecule has 1 unspecified atom stereocenters. The van der Waals surface area contributed by atoms with Crippen molar-refractivity contribution in [3.8, 4) is 0 Å². The van der Waals surface area contributed by atoms with Gasteiger partial charge in [-0.05, 0) is 23.6 Å². The molecule has 2 N–H and O–H groups in total. The number of halogens is 2. The van der Waals surface area contributed by atoms with Gasteiger partial charge in [0.25, 0.3) is 0 Å². The number of hydrogen-bond acceptors (Lipinski definition) is 4. The molecule has 20 heavy (non-hydrogen) atoms. The smallest absolute Gasteiger partial charge is 0.228 e. The molecule has 0 radical (unpaired) electrons. The van der Waals surface area contributed by atoms with Crippen LogP contribution in [0.15, 0.2) is 22.7 Å². The average Bonchev–Trinajstić information content (AvgIpc) is 2.80. The number of hydrogen-bond donors (Lipinski definition) is 1. The Balaban J connectivity index is 2.06. The molecule has 0 spiro atoms. The Labute approximate surface area is 128 Å². The fraction of sp³-hybridized carbons (Fsp3) is 0.429. The predicted octanol–water partition coefficient (Wildman–Crippen LogP) is 3.49. The van der Waals surface area contributed by atoms with Crippen molar-refractivity contribution in [2.75, 3.05) is 0 Å². The first-order chi connectivity index (χ1) is 9.45. The van der Waals surface area contributed by atoms with Crippen LogP contribution in [0.1, 0.15) is 31.1 Å². The molecule has 0 aliphatic carbocycles. The molecule has 2 rings (SSSR count). The van der Waals surface area contributed by atoms with Crippen molar-refractivity contribution in [1.82, 2.24) is 10.1 Å². The van der Waals surface area contributed by atoms with Crippen molar-refractivity contribution >= 4 is 23.2 Å². The Hall–Kier alpha value is -1.10. The van der Waals surface area contributed by atoms with Crippen molar-refractivity contribution in [3.63, 3.8) is 0 Å². The van der Waals surface area contributed by atoms with E-state index in [0.717, 1.165) is 5.56 Å². The monoisotopic (exact) mass is 313 g/mol. The maximum absolute atomic E-state index is 6.12. The van der Waals surface area contributed by atoms with Crippen LogP contribution in [0.4, 0.5) is 0 Å². The lowest BCUT2D eigenvalue weighted by molar-refractivity contribution is 0.350. The zero-order valence-corrected chi connectivity index (χ0v) is 12.9. The Morgan fingerprint density at radius 2 is 2.05 bits per heavy atom. The average molecular weight is 314 g/mol. The summed E-state index contributed by atoms with van der Waals surface area (Å²) in [7, 11) is 0. The Morgan fingerprint density at radius 3 is 2.70 bits per heavy atom. The molecule has 4 nitrogen and oxygen atoms in total. The molecule has 0 bridgehead atoms. The first-order valence-corrected chi connectivity index (χ1v) is 7.22. The lowest BCUT2D eigenvalue weighted by Gasteiger charge is -2.11. The van der Waals surface area contributed by atoms with E-state index in [2.05, 4.69) is 24.0 Å². The van der Waals surface area contributed by atoms with E-state index < -0.39 is 0 Å². The van der Waals surface area contributed by atoms with E-state index in [0.29, 0.717) is 40.5 Å². The summed E-state index contributed by atoms with van der Waals surface area (Å²) < 4.78 is 5.21. The highest BCUT2D eigenvalue weighted by Crippen LogP contribution is 2.22. The minimum absolute atomic E-state index is 0.0161. The summed E-state index contributed by atoms with van der Waals surface area (Å²) in [6.07, 6.45) is 1.09. The predicted molar refractivity (Wildman–Crippen MR) is 80.1 cm³/mol. The van der Waals surface area contributed by atoms with Gasteiger partial charge >= 0.3 is 0 Å². The maximum atomic E-state index is 6.12. The lowest BCUT2D eigenvalue weighted by atomic mass is 10.0. The molecule has 2 aromatic rings. The van der Waals surface area contributed by atoms with Crippen molar-refractivity contribution < 1.29 is 4.52 Å². The van der Waals surface area contributed by atoms with Crippen molar-refractivity contribution in [3.05, 3.63) is 45.5 Å². The quantitative estimate of drug-likeness (QED) is 0.917. The Bertz CT molecular complexity index is 584. The Kier molecular flexibility index (Phi) is 5.02. The third-order valence-corrected chi connectivity index (χ3v) is 3.73. The van der Waals surface area contributed by atoms with Crippen LogP contribution in [0.3, 0.4) is 0 Å². The van der Waals surface area contributed by atoms with Gasteiger partial charge in [0.15, 0.2) is 5.82 Å². The van der Waals surface area contributed by atoms with Crippen LogP contribution in [0, 0.1) is 5.92 Å². The molecule has 0 saturated heterocycles. The van der Waals surface area contributed by atoms with E-state index in [4.69, 9.17) is 33.5 Å². The molecule has 6 heteroatoms. The molecular formula is C14H17Cl2N3O. The van der Waals surface area contributed by atoms with Crippen LogP contribution < -0.4 is 5.73 Å². The van der Waals surface area contributed by atoms with E-state index in [1.807, 2.05) is 6.07 Å². The van der Waals surface area contributed by atoms with Gasteiger partial charge in [0.2, 0.25) is 5.89 Å². The van der Waals surface area contributed by atoms with E-state index in [-0.39, 0.29) is 6.04 Å². The fourth-order valence-corrected chi connectivity index (χ4v) is 2.19. The summed E-state index contributed by atoms with van der Waals surface area (Å²) in [4.78, 5) is 4.34. The topological polar surface area (TPSA) is 64.9 Å². The van der Waals surface area contributed by atoms with Gasteiger partial charge in [-0.2, -0.15) is 4.98 Å².